The van der Waals surface area contributed by atoms with E-state index in [0.717, 1.165) is 23.3 Å². The van der Waals surface area contributed by atoms with Crippen molar-refractivity contribution in [2.24, 2.45) is 0 Å². The summed E-state index contributed by atoms with van der Waals surface area (Å²) < 4.78 is 0. The van der Waals surface area contributed by atoms with Gasteiger partial charge >= 0.3 is 6.03 Å². The second kappa shape index (κ2) is 5.97. The fraction of sp³-hybridized carbons (Fsp3) is 0.385. The first-order chi connectivity index (χ1) is 9.04. The molecule has 1 aromatic carbocycles. The van der Waals surface area contributed by atoms with E-state index >= 15 is 0 Å². The van der Waals surface area contributed by atoms with Gasteiger partial charge in [0.15, 0.2) is 0 Å². The van der Waals surface area contributed by atoms with Gasteiger partial charge in [-0.05, 0) is 43.5 Å². The Bertz CT molecular complexity index is 501. The molecule has 6 heteroatoms. The van der Waals surface area contributed by atoms with Crippen LogP contribution in [0.1, 0.15) is 18.4 Å². The summed E-state index contributed by atoms with van der Waals surface area (Å²) in [6.07, 6.45) is 2.00. The van der Waals surface area contributed by atoms with Crippen LogP contribution < -0.4 is 16.4 Å². The molecule has 1 aromatic rings. The number of thioether (sulfide) groups is 1. The van der Waals surface area contributed by atoms with Crippen LogP contribution in [0.5, 0.6) is 0 Å². The zero-order valence-corrected chi connectivity index (χ0v) is 11.5. The molecule has 102 valence electrons. The number of rotatable bonds is 4. The Balaban J connectivity index is 1.77. The van der Waals surface area contributed by atoms with Crippen LogP contribution in [-0.4, -0.2) is 23.7 Å². The normalized spacial score (nSPS) is 13.9. The van der Waals surface area contributed by atoms with Gasteiger partial charge in [0.1, 0.15) is 0 Å². The highest BCUT2D eigenvalue weighted by atomic mass is 32.2. The number of hydrogen-bond acceptors (Lipinski definition) is 4. The van der Waals surface area contributed by atoms with Crippen molar-refractivity contribution >= 4 is 29.4 Å². The Morgan fingerprint density at radius 1 is 1.42 bits per heavy atom. The maximum atomic E-state index is 11.6. The van der Waals surface area contributed by atoms with E-state index < -0.39 is 6.03 Å². The quantitative estimate of drug-likeness (QED) is 0.578. The van der Waals surface area contributed by atoms with Crippen LogP contribution in [0.4, 0.5) is 10.5 Å². The van der Waals surface area contributed by atoms with Crippen LogP contribution in [0.3, 0.4) is 0 Å². The Hall–Kier alpha value is -1.69. The Morgan fingerprint density at radius 3 is 2.79 bits per heavy atom. The van der Waals surface area contributed by atoms with Gasteiger partial charge in [-0.2, -0.15) is 0 Å². The number of benzene rings is 1. The van der Waals surface area contributed by atoms with E-state index in [-0.39, 0.29) is 17.7 Å². The lowest BCUT2D eigenvalue weighted by molar-refractivity contribution is -0.117. The van der Waals surface area contributed by atoms with E-state index in [1.54, 1.807) is 6.07 Å². The average Bonchev–Trinajstić information content (AvgIpc) is 3.11. The molecule has 1 saturated carbocycles. The third-order valence-electron chi connectivity index (χ3n) is 2.72. The van der Waals surface area contributed by atoms with E-state index in [4.69, 9.17) is 5.73 Å². The number of aryl methyl sites for hydroxylation is 1. The minimum absolute atomic E-state index is 0.211. The fourth-order valence-electron chi connectivity index (χ4n) is 1.59. The van der Waals surface area contributed by atoms with Crippen LogP contribution in [0.25, 0.3) is 0 Å². The molecule has 0 atom stereocenters. The predicted molar refractivity (Wildman–Crippen MR) is 76.0 cm³/mol. The largest absolute Gasteiger partial charge is 0.399 e. The number of urea groups is 1. The number of carbonyl (C=O) groups is 2. The van der Waals surface area contributed by atoms with Gasteiger partial charge in [-0.15, -0.1) is 11.8 Å². The van der Waals surface area contributed by atoms with E-state index in [1.165, 1.54) is 11.8 Å². The molecular weight excluding hydrogens is 262 g/mol. The van der Waals surface area contributed by atoms with Crippen molar-refractivity contribution in [2.75, 3.05) is 11.5 Å². The molecule has 0 heterocycles. The van der Waals surface area contributed by atoms with Crippen LogP contribution in [0, 0.1) is 6.92 Å². The van der Waals surface area contributed by atoms with Crippen molar-refractivity contribution < 1.29 is 9.59 Å². The smallest absolute Gasteiger partial charge is 0.321 e. The Morgan fingerprint density at radius 2 is 2.16 bits per heavy atom. The third-order valence-corrected chi connectivity index (χ3v) is 3.90. The van der Waals surface area contributed by atoms with Crippen LogP contribution in [0.2, 0.25) is 0 Å². The molecule has 0 bridgehead atoms. The SMILES string of the molecule is Cc1cc(N)ccc1SCC(=O)NC(=O)NC1CC1. The topological polar surface area (TPSA) is 84.2 Å². The van der Waals surface area contributed by atoms with Crippen molar-refractivity contribution in [3.63, 3.8) is 0 Å². The summed E-state index contributed by atoms with van der Waals surface area (Å²) in [6, 6.07) is 5.39. The first kappa shape index (κ1) is 13.7. The molecule has 1 aliphatic carbocycles. The fourth-order valence-corrected chi connectivity index (χ4v) is 2.40. The molecule has 4 N–H and O–H groups in total. The summed E-state index contributed by atoms with van der Waals surface area (Å²) >= 11 is 1.39. The van der Waals surface area contributed by atoms with Crippen molar-refractivity contribution in [3.05, 3.63) is 23.8 Å². The summed E-state index contributed by atoms with van der Waals surface area (Å²) in [5, 5.41) is 5.02. The summed E-state index contributed by atoms with van der Waals surface area (Å²) in [4.78, 5) is 23.9. The highest BCUT2D eigenvalue weighted by Gasteiger charge is 2.23. The van der Waals surface area contributed by atoms with Crippen LogP contribution in [0.15, 0.2) is 23.1 Å². The lowest BCUT2D eigenvalue weighted by atomic mass is 10.2. The summed E-state index contributed by atoms with van der Waals surface area (Å²) in [6.45, 7) is 1.94. The van der Waals surface area contributed by atoms with Crippen molar-refractivity contribution in [2.45, 2.75) is 30.7 Å². The van der Waals surface area contributed by atoms with E-state index in [0.29, 0.717) is 5.69 Å². The zero-order valence-electron chi connectivity index (χ0n) is 10.7. The number of nitrogens with two attached hydrogens (primary N) is 1. The zero-order chi connectivity index (χ0) is 13.8. The van der Waals surface area contributed by atoms with Crippen LogP contribution in [-0.2, 0) is 4.79 Å². The third kappa shape index (κ3) is 4.48. The first-order valence-electron chi connectivity index (χ1n) is 6.14. The van der Waals surface area contributed by atoms with Gasteiger partial charge in [0.05, 0.1) is 5.75 Å². The number of hydrogen-bond donors (Lipinski definition) is 3. The second-order valence-electron chi connectivity index (χ2n) is 4.61. The maximum Gasteiger partial charge on any atom is 0.321 e. The van der Waals surface area contributed by atoms with Gasteiger partial charge < -0.3 is 11.1 Å². The molecular formula is C13H17N3O2S. The van der Waals surface area contributed by atoms with Crippen molar-refractivity contribution in [3.8, 4) is 0 Å². The van der Waals surface area contributed by atoms with Gasteiger partial charge in [-0.3, -0.25) is 10.1 Å². The number of nitrogens with one attached hydrogen (secondary N) is 2. The van der Waals surface area contributed by atoms with E-state index in [2.05, 4.69) is 10.6 Å². The summed E-state index contributed by atoms with van der Waals surface area (Å²) in [5.41, 5.74) is 7.39. The lowest BCUT2D eigenvalue weighted by Crippen LogP contribution is -2.41. The van der Waals surface area contributed by atoms with Gasteiger partial charge in [-0.25, -0.2) is 4.79 Å². The molecule has 3 amide bonds. The highest BCUT2D eigenvalue weighted by molar-refractivity contribution is 8.00. The van der Waals surface area contributed by atoms with Gasteiger partial charge in [-0.1, -0.05) is 0 Å². The Kier molecular flexibility index (Phi) is 4.31. The molecule has 1 fully saturated rings. The second-order valence-corrected chi connectivity index (χ2v) is 5.63. The van der Waals surface area contributed by atoms with E-state index in [1.807, 2.05) is 19.1 Å². The summed E-state index contributed by atoms with van der Waals surface area (Å²) in [7, 11) is 0. The molecule has 5 nitrogen and oxygen atoms in total. The minimum Gasteiger partial charge on any atom is -0.399 e. The van der Waals surface area contributed by atoms with Gasteiger partial charge in [0.25, 0.3) is 0 Å². The molecule has 0 radical (unpaired) electrons. The maximum absolute atomic E-state index is 11.6. The monoisotopic (exact) mass is 279 g/mol. The molecule has 0 aliphatic heterocycles. The number of anilines is 1. The molecule has 0 aromatic heterocycles. The van der Waals surface area contributed by atoms with Gasteiger partial charge in [0, 0.05) is 16.6 Å². The molecule has 1 aliphatic rings. The molecule has 0 saturated heterocycles. The lowest BCUT2D eigenvalue weighted by Gasteiger charge is -2.07. The van der Waals surface area contributed by atoms with Crippen LogP contribution >= 0.6 is 11.8 Å². The number of nitrogen functional groups attached to an aromatic ring is 1. The molecule has 0 unspecified atom stereocenters. The van der Waals surface area contributed by atoms with Crippen molar-refractivity contribution in [1.29, 1.82) is 0 Å². The standard InChI is InChI=1S/C13H17N3O2S/c1-8-6-9(14)2-5-11(8)19-7-12(17)16-13(18)15-10-3-4-10/h2,5-6,10H,3-4,7,14H2,1H3,(H2,15,16,17,18). The average molecular weight is 279 g/mol. The van der Waals surface area contributed by atoms with E-state index in [9.17, 15) is 9.59 Å². The number of amides is 3. The Labute approximate surface area is 116 Å². The molecule has 19 heavy (non-hydrogen) atoms. The van der Waals surface area contributed by atoms with Gasteiger partial charge in [0.2, 0.25) is 5.91 Å². The molecule has 0 spiro atoms. The summed E-state index contributed by atoms with van der Waals surface area (Å²) in [5.74, 6) is -0.0811. The highest BCUT2D eigenvalue weighted by Crippen LogP contribution is 2.23. The number of imide groups is 1. The number of carbonyl (C=O) groups excluding carboxylic acids is 2. The predicted octanol–water partition coefficient (Wildman–Crippen LogP) is 1.66. The molecule has 2 rings (SSSR count). The minimum atomic E-state index is -0.401. The van der Waals surface area contributed by atoms with Crippen molar-refractivity contribution in [1.82, 2.24) is 10.6 Å². The first-order valence-corrected chi connectivity index (χ1v) is 7.12.